The largest absolute Gasteiger partial charge is 0.374 e. The fraction of sp³-hybridized carbons (Fsp3) is 0.278. The normalized spacial score (nSPS) is 12.0. The standard InChI is InChI=1S/C18H19F2NO2/c1-13(14-6-3-2-4-7-14)23-11-5-10-21-18(22)16-9-8-15(19)12-17(16)20/h2-4,6-9,12-13H,5,10-11H2,1H3,(H,21,22). The zero-order valence-electron chi connectivity index (χ0n) is 12.9. The number of benzene rings is 2. The highest BCUT2D eigenvalue weighted by molar-refractivity contribution is 5.94. The van der Waals surface area contributed by atoms with Crippen molar-refractivity contribution >= 4 is 5.91 Å². The van der Waals surface area contributed by atoms with E-state index in [0.717, 1.165) is 17.7 Å². The van der Waals surface area contributed by atoms with Crippen LogP contribution in [-0.4, -0.2) is 19.1 Å². The third-order valence-electron chi connectivity index (χ3n) is 3.42. The number of ether oxygens (including phenoxy) is 1. The predicted octanol–water partition coefficient (Wildman–Crippen LogP) is 3.86. The Bertz CT molecular complexity index is 647. The maximum atomic E-state index is 13.4. The summed E-state index contributed by atoms with van der Waals surface area (Å²) in [6.45, 7) is 2.79. The second kappa shape index (κ2) is 8.39. The lowest BCUT2D eigenvalue weighted by atomic mass is 10.1. The highest BCUT2D eigenvalue weighted by Gasteiger charge is 2.11. The van der Waals surface area contributed by atoms with Crippen molar-refractivity contribution in [2.24, 2.45) is 0 Å². The van der Waals surface area contributed by atoms with Gasteiger partial charge in [0.15, 0.2) is 0 Å². The summed E-state index contributed by atoms with van der Waals surface area (Å²) < 4.78 is 31.9. The van der Waals surface area contributed by atoms with E-state index in [1.54, 1.807) is 0 Å². The van der Waals surface area contributed by atoms with Crippen molar-refractivity contribution in [2.75, 3.05) is 13.2 Å². The molecule has 0 aromatic heterocycles. The number of nitrogens with one attached hydrogen (secondary N) is 1. The summed E-state index contributed by atoms with van der Waals surface area (Å²) in [6.07, 6.45) is 0.576. The van der Waals surface area contributed by atoms with Crippen LogP contribution in [0.5, 0.6) is 0 Å². The van der Waals surface area contributed by atoms with Crippen LogP contribution < -0.4 is 5.32 Å². The fourth-order valence-corrected chi connectivity index (χ4v) is 2.12. The average Bonchev–Trinajstić information content (AvgIpc) is 2.55. The van der Waals surface area contributed by atoms with Gasteiger partial charge in [0, 0.05) is 19.2 Å². The van der Waals surface area contributed by atoms with E-state index in [4.69, 9.17) is 4.74 Å². The number of hydrogen-bond acceptors (Lipinski definition) is 2. The molecule has 5 heteroatoms. The van der Waals surface area contributed by atoms with E-state index < -0.39 is 17.5 Å². The zero-order chi connectivity index (χ0) is 16.7. The first-order chi connectivity index (χ1) is 11.1. The van der Waals surface area contributed by atoms with Crippen molar-refractivity contribution < 1.29 is 18.3 Å². The molecule has 0 fully saturated rings. The molecule has 1 atom stereocenters. The Balaban J connectivity index is 1.70. The first-order valence-corrected chi connectivity index (χ1v) is 7.47. The lowest BCUT2D eigenvalue weighted by molar-refractivity contribution is 0.0634. The Kier molecular flexibility index (Phi) is 6.23. The van der Waals surface area contributed by atoms with Gasteiger partial charge in [0.1, 0.15) is 11.6 Å². The number of hydrogen-bond donors (Lipinski definition) is 1. The lowest BCUT2D eigenvalue weighted by Crippen LogP contribution is -2.26. The van der Waals surface area contributed by atoms with Gasteiger partial charge in [-0.2, -0.15) is 0 Å². The minimum atomic E-state index is -0.864. The lowest BCUT2D eigenvalue weighted by Gasteiger charge is -2.13. The molecule has 2 rings (SSSR count). The summed E-state index contributed by atoms with van der Waals surface area (Å²) >= 11 is 0. The monoisotopic (exact) mass is 319 g/mol. The Morgan fingerprint density at radius 3 is 2.61 bits per heavy atom. The van der Waals surface area contributed by atoms with E-state index >= 15 is 0 Å². The minimum Gasteiger partial charge on any atom is -0.374 e. The number of rotatable bonds is 7. The van der Waals surface area contributed by atoms with Crippen LogP contribution in [-0.2, 0) is 4.74 Å². The Morgan fingerprint density at radius 2 is 1.91 bits per heavy atom. The van der Waals surface area contributed by atoms with Gasteiger partial charge < -0.3 is 10.1 Å². The van der Waals surface area contributed by atoms with Crippen molar-refractivity contribution in [3.8, 4) is 0 Å². The van der Waals surface area contributed by atoms with Crippen LogP contribution in [0.1, 0.15) is 35.4 Å². The van der Waals surface area contributed by atoms with Gasteiger partial charge in [0.2, 0.25) is 0 Å². The molecule has 2 aromatic carbocycles. The van der Waals surface area contributed by atoms with Gasteiger partial charge in [0.05, 0.1) is 11.7 Å². The van der Waals surface area contributed by atoms with Gasteiger partial charge in [-0.05, 0) is 31.0 Å². The van der Waals surface area contributed by atoms with Crippen LogP contribution in [0.25, 0.3) is 0 Å². The van der Waals surface area contributed by atoms with Crippen LogP contribution in [0, 0.1) is 11.6 Å². The van der Waals surface area contributed by atoms with E-state index in [1.807, 2.05) is 37.3 Å². The number of carbonyl (C=O) groups is 1. The molecule has 0 bridgehead atoms. The maximum Gasteiger partial charge on any atom is 0.254 e. The number of halogens is 2. The molecule has 0 saturated carbocycles. The molecule has 0 radical (unpaired) electrons. The molecule has 1 amide bonds. The van der Waals surface area contributed by atoms with Crippen LogP contribution in [0.4, 0.5) is 8.78 Å². The summed E-state index contributed by atoms with van der Waals surface area (Å²) in [5, 5.41) is 2.59. The van der Waals surface area contributed by atoms with E-state index in [2.05, 4.69) is 5.32 Å². The first kappa shape index (κ1) is 17.1. The predicted molar refractivity (Wildman–Crippen MR) is 84.1 cm³/mol. The van der Waals surface area contributed by atoms with Crippen LogP contribution in [0.3, 0.4) is 0 Å². The molecule has 3 nitrogen and oxygen atoms in total. The van der Waals surface area contributed by atoms with Crippen LogP contribution in [0.2, 0.25) is 0 Å². The summed E-state index contributed by atoms with van der Waals surface area (Å²) in [6, 6.07) is 12.7. The molecule has 0 aliphatic carbocycles. The molecule has 0 heterocycles. The Morgan fingerprint density at radius 1 is 1.17 bits per heavy atom. The van der Waals surface area contributed by atoms with Gasteiger partial charge in [-0.25, -0.2) is 8.78 Å². The topological polar surface area (TPSA) is 38.3 Å². The molecule has 0 aliphatic heterocycles. The zero-order valence-corrected chi connectivity index (χ0v) is 12.9. The molecule has 1 N–H and O–H groups in total. The van der Waals surface area contributed by atoms with E-state index in [0.29, 0.717) is 25.6 Å². The number of amides is 1. The van der Waals surface area contributed by atoms with Crippen LogP contribution >= 0.6 is 0 Å². The molecule has 1 unspecified atom stereocenters. The highest BCUT2D eigenvalue weighted by atomic mass is 19.1. The fourth-order valence-electron chi connectivity index (χ4n) is 2.12. The molecule has 122 valence electrons. The number of carbonyl (C=O) groups excluding carboxylic acids is 1. The van der Waals surface area contributed by atoms with Gasteiger partial charge in [-0.1, -0.05) is 30.3 Å². The Labute approximate surface area is 134 Å². The Hall–Kier alpha value is -2.27. The van der Waals surface area contributed by atoms with Crippen molar-refractivity contribution in [3.05, 3.63) is 71.3 Å². The summed E-state index contributed by atoms with van der Waals surface area (Å²) in [5.41, 5.74) is 0.926. The van der Waals surface area contributed by atoms with Crippen molar-refractivity contribution in [3.63, 3.8) is 0 Å². The smallest absolute Gasteiger partial charge is 0.254 e. The minimum absolute atomic E-state index is 0.0264. The SMILES string of the molecule is CC(OCCCNC(=O)c1ccc(F)cc1F)c1ccccc1. The van der Waals surface area contributed by atoms with Crippen molar-refractivity contribution in [1.29, 1.82) is 0 Å². The van der Waals surface area contributed by atoms with E-state index in [1.165, 1.54) is 0 Å². The third kappa shape index (κ3) is 5.14. The molecule has 0 aliphatic rings. The molecular formula is C18H19F2NO2. The summed E-state index contributed by atoms with van der Waals surface area (Å²) in [4.78, 5) is 11.8. The molecule has 2 aromatic rings. The molecule has 0 saturated heterocycles. The molecular weight excluding hydrogens is 300 g/mol. The van der Waals surface area contributed by atoms with Gasteiger partial charge in [-0.15, -0.1) is 0 Å². The van der Waals surface area contributed by atoms with Gasteiger partial charge >= 0.3 is 0 Å². The average molecular weight is 319 g/mol. The van der Waals surface area contributed by atoms with Gasteiger partial charge in [-0.3, -0.25) is 4.79 Å². The van der Waals surface area contributed by atoms with E-state index in [9.17, 15) is 13.6 Å². The van der Waals surface area contributed by atoms with Crippen molar-refractivity contribution in [1.82, 2.24) is 5.32 Å². The second-order valence-corrected chi connectivity index (χ2v) is 5.16. The highest BCUT2D eigenvalue weighted by Crippen LogP contribution is 2.15. The van der Waals surface area contributed by atoms with Crippen molar-refractivity contribution in [2.45, 2.75) is 19.4 Å². The molecule has 0 spiro atoms. The first-order valence-electron chi connectivity index (χ1n) is 7.47. The maximum absolute atomic E-state index is 13.4. The van der Waals surface area contributed by atoms with Crippen LogP contribution in [0.15, 0.2) is 48.5 Å². The second-order valence-electron chi connectivity index (χ2n) is 5.16. The van der Waals surface area contributed by atoms with Gasteiger partial charge in [0.25, 0.3) is 5.91 Å². The third-order valence-corrected chi connectivity index (χ3v) is 3.42. The van der Waals surface area contributed by atoms with E-state index in [-0.39, 0.29) is 11.7 Å². The molecule has 23 heavy (non-hydrogen) atoms. The summed E-state index contributed by atoms with van der Waals surface area (Å²) in [7, 11) is 0. The quantitative estimate of drug-likeness (QED) is 0.787. The summed E-state index contributed by atoms with van der Waals surface area (Å²) in [5.74, 6) is -2.13.